The van der Waals surface area contributed by atoms with Crippen LogP contribution >= 0.6 is 0 Å². The smallest absolute Gasteiger partial charge is 0.254 e. The van der Waals surface area contributed by atoms with Crippen LogP contribution in [0, 0.1) is 6.92 Å². The lowest BCUT2D eigenvalue weighted by Gasteiger charge is -2.33. The number of ether oxygens (including phenoxy) is 1. The summed E-state index contributed by atoms with van der Waals surface area (Å²) in [6.45, 7) is 3.43. The van der Waals surface area contributed by atoms with Crippen molar-refractivity contribution in [2.45, 2.75) is 13.0 Å². The van der Waals surface area contributed by atoms with E-state index in [-0.39, 0.29) is 17.8 Å². The maximum atomic E-state index is 13.3. The fourth-order valence-corrected chi connectivity index (χ4v) is 3.60. The molecule has 0 aliphatic carbocycles. The van der Waals surface area contributed by atoms with Gasteiger partial charge in [0, 0.05) is 17.7 Å². The van der Waals surface area contributed by atoms with Crippen LogP contribution in [-0.2, 0) is 4.74 Å². The summed E-state index contributed by atoms with van der Waals surface area (Å²) >= 11 is 0. The van der Waals surface area contributed by atoms with Gasteiger partial charge in [0.25, 0.3) is 5.91 Å². The maximum Gasteiger partial charge on any atom is 0.254 e. The van der Waals surface area contributed by atoms with E-state index in [1.165, 1.54) is 0 Å². The molecule has 3 aromatic carbocycles. The van der Waals surface area contributed by atoms with E-state index in [2.05, 4.69) is 0 Å². The van der Waals surface area contributed by atoms with E-state index >= 15 is 0 Å². The van der Waals surface area contributed by atoms with E-state index in [1.807, 2.05) is 49.4 Å². The number of rotatable bonds is 4. The minimum absolute atomic E-state index is 0.134. The summed E-state index contributed by atoms with van der Waals surface area (Å²) < 4.78 is 5.88. The molecule has 0 saturated carbocycles. The minimum atomic E-state index is -0.158. The normalized spacial score (nSPS) is 16.4. The Labute approximate surface area is 170 Å². The lowest BCUT2D eigenvalue weighted by atomic mass is 9.96. The van der Waals surface area contributed by atoms with Crippen LogP contribution in [0.1, 0.15) is 43.5 Å². The Morgan fingerprint density at radius 3 is 2.24 bits per heavy atom. The number of carbonyl (C=O) groups is 2. The molecule has 1 aliphatic heterocycles. The molecule has 1 fully saturated rings. The molecule has 146 valence electrons. The molecule has 0 N–H and O–H groups in total. The summed E-state index contributed by atoms with van der Waals surface area (Å²) in [6.07, 6.45) is -0.158. The molecular weight excluding hydrogens is 362 g/mol. The quantitative estimate of drug-likeness (QED) is 0.624. The van der Waals surface area contributed by atoms with Gasteiger partial charge in [0.1, 0.15) is 6.10 Å². The van der Waals surface area contributed by atoms with Gasteiger partial charge in [-0.1, -0.05) is 78.4 Å². The van der Waals surface area contributed by atoms with Gasteiger partial charge in [0.15, 0.2) is 5.78 Å². The number of hydrogen-bond donors (Lipinski definition) is 0. The molecule has 0 aromatic heterocycles. The number of morpholine rings is 1. The van der Waals surface area contributed by atoms with Crippen molar-refractivity contribution in [2.75, 3.05) is 19.7 Å². The van der Waals surface area contributed by atoms with E-state index in [0.29, 0.717) is 36.4 Å². The Balaban J connectivity index is 1.59. The average molecular weight is 385 g/mol. The van der Waals surface area contributed by atoms with Crippen molar-refractivity contribution >= 4 is 11.7 Å². The van der Waals surface area contributed by atoms with Crippen molar-refractivity contribution in [3.05, 3.63) is 107 Å². The van der Waals surface area contributed by atoms with Gasteiger partial charge in [-0.25, -0.2) is 0 Å². The van der Waals surface area contributed by atoms with E-state index in [4.69, 9.17) is 4.74 Å². The number of hydrogen-bond acceptors (Lipinski definition) is 3. The van der Waals surface area contributed by atoms with E-state index < -0.39 is 0 Å². The van der Waals surface area contributed by atoms with Crippen LogP contribution in [0.25, 0.3) is 0 Å². The van der Waals surface area contributed by atoms with Gasteiger partial charge in [-0.05, 0) is 18.6 Å². The standard InChI is InChI=1S/C25H23NO3/c1-18-11-13-20(14-12-18)24(27)21-9-5-6-10-22(21)25(28)26-15-16-29-23(17-26)19-7-3-2-4-8-19/h2-14,23H,15-17H2,1H3/t23-/m1/s1. The van der Waals surface area contributed by atoms with Gasteiger partial charge >= 0.3 is 0 Å². The first-order valence-electron chi connectivity index (χ1n) is 9.80. The third-order valence-corrected chi connectivity index (χ3v) is 5.24. The number of ketones is 1. The van der Waals surface area contributed by atoms with E-state index in [1.54, 1.807) is 41.3 Å². The third kappa shape index (κ3) is 4.13. The predicted molar refractivity (Wildman–Crippen MR) is 112 cm³/mol. The van der Waals surface area contributed by atoms with Crippen LogP contribution in [0.5, 0.6) is 0 Å². The van der Waals surface area contributed by atoms with Crippen molar-refractivity contribution in [2.24, 2.45) is 0 Å². The summed E-state index contributed by atoms with van der Waals surface area (Å²) in [4.78, 5) is 28.1. The zero-order valence-electron chi connectivity index (χ0n) is 16.4. The Morgan fingerprint density at radius 1 is 0.862 bits per heavy atom. The number of amides is 1. The van der Waals surface area contributed by atoms with Crippen LogP contribution in [0.3, 0.4) is 0 Å². The Morgan fingerprint density at radius 2 is 1.52 bits per heavy atom. The van der Waals surface area contributed by atoms with Crippen LogP contribution in [0.15, 0.2) is 78.9 Å². The molecule has 0 bridgehead atoms. The summed E-state index contributed by atoms with van der Waals surface area (Å²) in [6, 6.07) is 24.4. The Bertz CT molecular complexity index is 1010. The van der Waals surface area contributed by atoms with Crippen LogP contribution in [-0.4, -0.2) is 36.3 Å². The molecule has 0 radical (unpaired) electrons. The minimum Gasteiger partial charge on any atom is -0.370 e. The van der Waals surface area contributed by atoms with Crippen molar-refractivity contribution in [3.8, 4) is 0 Å². The van der Waals surface area contributed by atoms with Gasteiger partial charge in [0.05, 0.1) is 18.7 Å². The fraction of sp³-hybridized carbons (Fsp3) is 0.200. The Kier molecular flexibility index (Phi) is 5.54. The lowest BCUT2D eigenvalue weighted by molar-refractivity contribution is -0.0228. The molecule has 4 heteroatoms. The predicted octanol–water partition coefficient (Wildman–Crippen LogP) is 4.44. The van der Waals surface area contributed by atoms with Crippen LogP contribution in [0.2, 0.25) is 0 Å². The number of nitrogens with zero attached hydrogens (tertiary/aromatic N) is 1. The zero-order valence-corrected chi connectivity index (χ0v) is 16.4. The molecule has 4 rings (SSSR count). The lowest BCUT2D eigenvalue weighted by Crippen LogP contribution is -2.42. The highest BCUT2D eigenvalue weighted by Gasteiger charge is 2.28. The number of aryl methyl sites for hydroxylation is 1. The molecule has 4 nitrogen and oxygen atoms in total. The summed E-state index contributed by atoms with van der Waals surface area (Å²) in [5.41, 5.74) is 3.59. The SMILES string of the molecule is Cc1ccc(C(=O)c2ccccc2C(=O)N2CCO[C@@H](c3ccccc3)C2)cc1. The third-order valence-electron chi connectivity index (χ3n) is 5.24. The van der Waals surface area contributed by atoms with Gasteiger partial charge in [0.2, 0.25) is 0 Å². The van der Waals surface area contributed by atoms with Crippen molar-refractivity contribution in [1.82, 2.24) is 4.90 Å². The molecule has 3 aromatic rings. The van der Waals surface area contributed by atoms with Gasteiger partial charge in [-0.3, -0.25) is 9.59 Å². The number of carbonyl (C=O) groups excluding carboxylic acids is 2. The topological polar surface area (TPSA) is 46.6 Å². The first-order valence-corrected chi connectivity index (χ1v) is 9.80. The monoisotopic (exact) mass is 385 g/mol. The second-order valence-electron chi connectivity index (χ2n) is 7.26. The molecule has 1 atom stereocenters. The molecule has 29 heavy (non-hydrogen) atoms. The number of benzene rings is 3. The second-order valence-corrected chi connectivity index (χ2v) is 7.26. The van der Waals surface area contributed by atoms with Gasteiger partial charge in [-0.2, -0.15) is 0 Å². The van der Waals surface area contributed by atoms with Crippen LogP contribution < -0.4 is 0 Å². The highest BCUT2D eigenvalue weighted by atomic mass is 16.5. The largest absolute Gasteiger partial charge is 0.370 e. The fourth-order valence-electron chi connectivity index (χ4n) is 3.60. The van der Waals surface area contributed by atoms with Gasteiger partial charge < -0.3 is 9.64 Å². The highest BCUT2D eigenvalue weighted by Crippen LogP contribution is 2.24. The maximum absolute atomic E-state index is 13.3. The first-order chi connectivity index (χ1) is 14.1. The second kappa shape index (κ2) is 8.41. The first kappa shape index (κ1) is 19.1. The van der Waals surface area contributed by atoms with Crippen molar-refractivity contribution < 1.29 is 14.3 Å². The summed E-state index contributed by atoms with van der Waals surface area (Å²) in [5.74, 6) is -0.271. The average Bonchev–Trinajstić information content (AvgIpc) is 2.79. The Hall–Kier alpha value is -3.24. The van der Waals surface area contributed by atoms with Crippen molar-refractivity contribution in [1.29, 1.82) is 0 Å². The molecule has 1 aliphatic rings. The van der Waals surface area contributed by atoms with E-state index in [9.17, 15) is 9.59 Å². The van der Waals surface area contributed by atoms with Gasteiger partial charge in [-0.15, -0.1) is 0 Å². The molecule has 0 spiro atoms. The zero-order chi connectivity index (χ0) is 20.2. The van der Waals surface area contributed by atoms with E-state index in [0.717, 1.165) is 11.1 Å². The molecule has 1 amide bonds. The molecule has 1 saturated heterocycles. The molecule has 0 unspecified atom stereocenters. The van der Waals surface area contributed by atoms with Crippen molar-refractivity contribution in [3.63, 3.8) is 0 Å². The summed E-state index contributed by atoms with van der Waals surface area (Å²) in [5, 5.41) is 0. The van der Waals surface area contributed by atoms with Crippen LogP contribution in [0.4, 0.5) is 0 Å². The summed E-state index contributed by atoms with van der Waals surface area (Å²) in [7, 11) is 0. The molecular formula is C25H23NO3. The highest BCUT2D eigenvalue weighted by molar-refractivity contribution is 6.15. The molecule has 1 heterocycles.